The van der Waals surface area contributed by atoms with Crippen LogP contribution in [0.25, 0.3) is 0 Å². The van der Waals surface area contributed by atoms with Crippen LogP contribution in [0.4, 0.5) is 0 Å². The fraction of sp³-hybridized carbons (Fsp3) is 0.588. The number of nitrogens with one attached hydrogen (secondary N) is 1. The predicted molar refractivity (Wildman–Crippen MR) is 91.6 cm³/mol. The maximum atomic E-state index is 12.2. The summed E-state index contributed by atoms with van der Waals surface area (Å²) in [6.07, 6.45) is 2.75. The highest BCUT2D eigenvalue weighted by Gasteiger charge is 2.28. The molecule has 1 aromatic rings. The van der Waals surface area contributed by atoms with Gasteiger partial charge in [0.25, 0.3) is 0 Å². The molecular weight excluding hydrogens is 312 g/mol. The monoisotopic (exact) mass is 338 g/mol. The first kappa shape index (κ1) is 17.9. The molecule has 0 saturated carbocycles. The average Bonchev–Trinajstić information content (AvgIpc) is 2.96. The number of sulfonamides is 1. The van der Waals surface area contributed by atoms with E-state index in [9.17, 15) is 13.2 Å². The maximum Gasteiger partial charge on any atom is 0.223 e. The van der Waals surface area contributed by atoms with Gasteiger partial charge in [-0.25, -0.2) is 12.7 Å². The molecule has 1 N–H and O–H groups in total. The van der Waals surface area contributed by atoms with E-state index < -0.39 is 10.0 Å². The molecule has 23 heavy (non-hydrogen) atoms. The van der Waals surface area contributed by atoms with Gasteiger partial charge in [0.05, 0.1) is 6.26 Å². The summed E-state index contributed by atoms with van der Waals surface area (Å²) in [6.45, 7) is 5.57. The van der Waals surface area contributed by atoms with Crippen molar-refractivity contribution >= 4 is 15.9 Å². The molecular formula is C17H26N2O3S. The minimum atomic E-state index is -3.11. The number of nitrogens with zero attached hydrogens (tertiary/aromatic N) is 1. The molecule has 1 aliphatic heterocycles. The van der Waals surface area contributed by atoms with E-state index in [2.05, 4.69) is 29.6 Å². The molecule has 2 unspecified atom stereocenters. The van der Waals surface area contributed by atoms with E-state index in [1.807, 2.05) is 13.8 Å². The molecule has 0 aromatic heterocycles. The van der Waals surface area contributed by atoms with Crippen molar-refractivity contribution in [3.63, 3.8) is 0 Å². The first-order valence-corrected chi connectivity index (χ1v) is 9.89. The smallest absolute Gasteiger partial charge is 0.223 e. The Bertz CT molecular complexity index is 640. The molecule has 0 radical (unpaired) electrons. The van der Waals surface area contributed by atoms with E-state index in [0.29, 0.717) is 26.1 Å². The minimum absolute atomic E-state index is 0.0309. The van der Waals surface area contributed by atoms with Crippen molar-refractivity contribution in [3.05, 3.63) is 35.4 Å². The number of amides is 1. The fourth-order valence-electron chi connectivity index (χ4n) is 2.85. The van der Waals surface area contributed by atoms with Gasteiger partial charge in [-0.05, 0) is 31.2 Å². The van der Waals surface area contributed by atoms with Gasteiger partial charge in [0, 0.05) is 25.6 Å². The van der Waals surface area contributed by atoms with Crippen LogP contribution in [0.15, 0.2) is 24.3 Å². The Balaban J connectivity index is 1.77. The normalized spacial score (nSPS) is 20.4. The van der Waals surface area contributed by atoms with Crippen LogP contribution in [0, 0.1) is 18.8 Å². The Morgan fingerprint density at radius 2 is 2.00 bits per heavy atom. The lowest BCUT2D eigenvalue weighted by atomic mass is 9.99. The predicted octanol–water partition coefficient (Wildman–Crippen LogP) is 1.57. The van der Waals surface area contributed by atoms with E-state index in [1.165, 1.54) is 16.1 Å². The van der Waals surface area contributed by atoms with Gasteiger partial charge in [0.15, 0.2) is 0 Å². The third kappa shape index (κ3) is 5.32. The Labute approximate surface area is 139 Å². The zero-order valence-electron chi connectivity index (χ0n) is 14.1. The summed E-state index contributed by atoms with van der Waals surface area (Å²) in [5.74, 6) is 0.147. The standard InChI is InChI=1S/C17H26N2O3S/c1-13-4-6-15(7-5-13)10-14(2)17(20)18-11-16-8-9-19(12-16)23(3,21)22/h4-7,14,16H,8-12H2,1-3H3,(H,18,20). The first-order valence-electron chi connectivity index (χ1n) is 8.04. The van der Waals surface area contributed by atoms with Crippen molar-refractivity contribution in [3.8, 4) is 0 Å². The molecule has 0 bridgehead atoms. The van der Waals surface area contributed by atoms with E-state index in [0.717, 1.165) is 12.0 Å². The second-order valence-corrected chi connectivity index (χ2v) is 8.59. The summed E-state index contributed by atoms with van der Waals surface area (Å²) >= 11 is 0. The lowest BCUT2D eigenvalue weighted by Crippen LogP contribution is -2.35. The molecule has 1 heterocycles. The van der Waals surface area contributed by atoms with Crippen LogP contribution < -0.4 is 5.32 Å². The molecule has 1 amide bonds. The summed E-state index contributed by atoms with van der Waals surface area (Å²) in [5, 5.41) is 2.97. The van der Waals surface area contributed by atoms with Crippen LogP contribution in [-0.4, -0.2) is 44.5 Å². The molecule has 2 atom stereocenters. The molecule has 128 valence electrons. The Morgan fingerprint density at radius 3 is 2.57 bits per heavy atom. The van der Waals surface area contributed by atoms with Gasteiger partial charge in [0.2, 0.25) is 15.9 Å². The second-order valence-electron chi connectivity index (χ2n) is 6.61. The van der Waals surface area contributed by atoms with Crippen LogP contribution in [0.2, 0.25) is 0 Å². The molecule has 1 fully saturated rings. The van der Waals surface area contributed by atoms with Crippen LogP contribution in [0.1, 0.15) is 24.5 Å². The molecule has 1 saturated heterocycles. The number of rotatable bonds is 6. The highest BCUT2D eigenvalue weighted by atomic mass is 32.2. The highest BCUT2D eigenvalue weighted by molar-refractivity contribution is 7.88. The largest absolute Gasteiger partial charge is 0.356 e. The van der Waals surface area contributed by atoms with E-state index in [-0.39, 0.29) is 17.7 Å². The molecule has 6 heteroatoms. The quantitative estimate of drug-likeness (QED) is 0.856. The van der Waals surface area contributed by atoms with Crippen LogP contribution in [0.5, 0.6) is 0 Å². The zero-order valence-corrected chi connectivity index (χ0v) is 14.9. The summed E-state index contributed by atoms with van der Waals surface area (Å²) in [4.78, 5) is 12.2. The minimum Gasteiger partial charge on any atom is -0.356 e. The summed E-state index contributed by atoms with van der Waals surface area (Å²) in [6, 6.07) is 8.22. The maximum absolute atomic E-state index is 12.2. The van der Waals surface area contributed by atoms with Crippen molar-refractivity contribution in [2.45, 2.75) is 26.7 Å². The van der Waals surface area contributed by atoms with E-state index >= 15 is 0 Å². The number of aryl methyl sites for hydroxylation is 1. The van der Waals surface area contributed by atoms with Crippen molar-refractivity contribution in [1.29, 1.82) is 0 Å². The van der Waals surface area contributed by atoms with E-state index in [4.69, 9.17) is 0 Å². The van der Waals surface area contributed by atoms with Gasteiger partial charge in [-0.3, -0.25) is 4.79 Å². The van der Waals surface area contributed by atoms with Gasteiger partial charge >= 0.3 is 0 Å². The van der Waals surface area contributed by atoms with Crippen molar-refractivity contribution in [2.75, 3.05) is 25.9 Å². The number of benzene rings is 1. The molecule has 2 rings (SSSR count). The fourth-order valence-corrected chi connectivity index (χ4v) is 3.77. The summed E-state index contributed by atoms with van der Waals surface area (Å²) in [5.41, 5.74) is 2.37. The lowest BCUT2D eigenvalue weighted by molar-refractivity contribution is -0.124. The third-order valence-corrected chi connectivity index (χ3v) is 5.66. The number of carbonyl (C=O) groups excluding carboxylic acids is 1. The SMILES string of the molecule is Cc1ccc(CC(C)C(=O)NCC2CCN(S(C)(=O)=O)C2)cc1. The van der Waals surface area contributed by atoms with Crippen molar-refractivity contribution < 1.29 is 13.2 Å². The van der Waals surface area contributed by atoms with Gasteiger partial charge in [0.1, 0.15) is 0 Å². The summed E-state index contributed by atoms with van der Waals surface area (Å²) < 4.78 is 24.5. The first-order chi connectivity index (χ1) is 10.8. The van der Waals surface area contributed by atoms with Crippen LogP contribution >= 0.6 is 0 Å². The van der Waals surface area contributed by atoms with Crippen molar-refractivity contribution in [1.82, 2.24) is 9.62 Å². The number of hydrogen-bond donors (Lipinski definition) is 1. The Kier molecular flexibility index (Phi) is 5.81. The molecule has 5 nitrogen and oxygen atoms in total. The van der Waals surface area contributed by atoms with Crippen LogP contribution in [-0.2, 0) is 21.2 Å². The van der Waals surface area contributed by atoms with Gasteiger partial charge in [-0.15, -0.1) is 0 Å². The number of hydrogen-bond acceptors (Lipinski definition) is 3. The molecule has 1 aliphatic rings. The Morgan fingerprint density at radius 1 is 1.35 bits per heavy atom. The zero-order chi connectivity index (χ0) is 17.0. The molecule has 0 spiro atoms. The number of carbonyl (C=O) groups is 1. The van der Waals surface area contributed by atoms with Gasteiger partial charge < -0.3 is 5.32 Å². The third-order valence-electron chi connectivity index (χ3n) is 4.39. The van der Waals surface area contributed by atoms with Gasteiger partial charge in [-0.2, -0.15) is 0 Å². The van der Waals surface area contributed by atoms with E-state index in [1.54, 1.807) is 0 Å². The molecule has 0 aliphatic carbocycles. The van der Waals surface area contributed by atoms with Crippen molar-refractivity contribution in [2.24, 2.45) is 11.8 Å². The van der Waals surface area contributed by atoms with Crippen LogP contribution in [0.3, 0.4) is 0 Å². The van der Waals surface area contributed by atoms with Gasteiger partial charge in [-0.1, -0.05) is 36.8 Å². The second kappa shape index (κ2) is 7.45. The Hall–Kier alpha value is -1.40. The highest BCUT2D eigenvalue weighted by Crippen LogP contribution is 2.18. The summed E-state index contributed by atoms with van der Waals surface area (Å²) in [7, 11) is -3.11. The average molecular weight is 338 g/mol. The lowest BCUT2D eigenvalue weighted by Gasteiger charge is -2.16. The molecule has 1 aromatic carbocycles. The topological polar surface area (TPSA) is 66.5 Å².